The molecular formula is C13H22N2O5S. The van der Waals surface area contributed by atoms with Gasteiger partial charge in [-0.1, -0.05) is 13.8 Å². The third kappa shape index (κ3) is 4.29. The van der Waals surface area contributed by atoms with E-state index in [0.29, 0.717) is 6.42 Å². The van der Waals surface area contributed by atoms with E-state index in [2.05, 4.69) is 4.74 Å². The average Bonchev–Trinajstić information content (AvgIpc) is 2.93. The van der Waals surface area contributed by atoms with E-state index in [1.54, 1.807) is 0 Å². The van der Waals surface area contributed by atoms with Crippen molar-refractivity contribution < 1.29 is 22.4 Å². The Hall–Kier alpha value is -1.38. The van der Waals surface area contributed by atoms with Crippen molar-refractivity contribution in [3.05, 3.63) is 17.9 Å². The van der Waals surface area contributed by atoms with Crippen LogP contribution in [0.5, 0.6) is 0 Å². The van der Waals surface area contributed by atoms with Crippen molar-refractivity contribution in [3.63, 3.8) is 0 Å². The summed E-state index contributed by atoms with van der Waals surface area (Å²) < 4.78 is 35.2. The van der Waals surface area contributed by atoms with E-state index in [0.717, 1.165) is 16.6 Å². The summed E-state index contributed by atoms with van der Waals surface area (Å²) in [5.74, 6) is -0.375. The van der Waals surface area contributed by atoms with Gasteiger partial charge in [-0.25, -0.2) is 13.2 Å². The van der Waals surface area contributed by atoms with E-state index in [1.807, 2.05) is 13.8 Å². The maximum absolute atomic E-state index is 12.3. The van der Waals surface area contributed by atoms with Crippen LogP contribution in [-0.2, 0) is 14.8 Å². The molecule has 0 fully saturated rings. The van der Waals surface area contributed by atoms with Gasteiger partial charge >= 0.3 is 5.97 Å². The lowest BCUT2D eigenvalue weighted by Crippen LogP contribution is -2.34. The summed E-state index contributed by atoms with van der Waals surface area (Å²) >= 11 is 0. The molecule has 1 aromatic rings. The molecule has 1 rings (SSSR count). The van der Waals surface area contributed by atoms with E-state index < -0.39 is 16.0 Å². The predicted octanol–water partition coefficient (Wildman–Crippen LogP) is 1.06. The highest BCUT2D eigenvalue weighted by Gasteiger charge is 2.26. The Morgan fingerprint density at radius 3 is 2.62 bits per heavy atom. The van der Waals surface area contributed by atoms with Gasteiger partial charge in [-0.15, -0.1) is 0 Å². The summed E-state index contributed by atoms with van der Waals surface area (Å²) in [7, 11) is -1.12. The first-order valence-electron chi connectivity index (χ1n) is 6.59. The highest BCUT2D eigenvalue weighted by Crippen LogP contribution is 2.19. The largest absolute Gasteiger partial charge is 0.465 e. The number of ether oxygens (including phenoxy) is 1. The number of carbonyl (C=O) groups excluding carboxylic acids is 1. The van der Waals surface area contributed by atoms with Gasteiger partial charge in [0, 0.05) is 25.7 Å². The fraction of sp³-hybridized carbons (Fsp3) is 0.615. The number of methoxy groups -OCH3 is 1. The molecule has 0 saturated carbocycles. The lowest BCUT2D eigenvalue weighted by Gasteiger charge is -2.20. The van der Waals surface area contributed by atoms with E-state index in [-0.39, 0.29) is 29.2 Å². The molecule has 120 valence electrons. The van der Waals surface area contributed by atoms with E-state index in [1.165, 1.54) is 14.2 Å². The van der Waals surface area contributed by atoms with Crippen LogP contribution in [0.1, 0.15) is 30.6 Å². The zero-order valence-corrected chi connectivity index (χ0v) is 13.5. The minimum Gasteiger partial charge on any atom is -0.465 e. The van der Waals surface area contributed by atoms with Crippen LogP contribution in [-0.4, -0.2) is 45.4 Å². The fourth-order valence-corrected chi connectivity index (χ4v) is 2.71. The van der Waals surface area contributed by atoms with Gasteiger partial charge in [0.2, 0.25) is 5.09 Å². The Morgan fingerprint density at radius 2 is 2.10 bits per heavy atom. The van der Waals surface area contributed by atoms with E-state index in [9.17, 15) is 13.2 Å². The Balaban J connectivity index is 2.80. The van der Waals surface area contributed by atoms with Crippen LogP contribution in [0.4, 0.5) is 0 Å². The van der Waals surface area contributed by atoms with Crippen molar-refractivity contribution in [2.24, 2.45) is 11.7 Å². The number of nitrogens with zero attached hydrogens (tertiary/aromatic N) is 1. The molecule has 1 heterocycles. The Morgan fingerprint density at radius 1 is 1.48 bits per heavy atom. The molecule has 0 amide bonds. The molecule has 0 aromatic carbocycles. The quantitative estimate of drug-likeness (QED) is 0.754. The van der Waals surface area contributed by atoms with Gasteiger partial charge in [-0.2, -0.15) is 4.31 Å². The molecule has 0 bridgehead atoms. The molecule has 1 atom stereocenters. The number of nitrogens with two attached hydrogens (primary N) is 1. The van der Waals surface area contributed by atoms with Gasteiger partial charge in [0.1, 0.15) is 6.26 Å². The summed E-state index contributed by atoms with van der Waals surface area (Å²) in [5, 5.41) is -0.288. The van der Waals surface area contributed by atoms with Crippen LogP contribution >= 0.6 is 0 Å². The lowest BCUT2D eigenvalue weighted by atomic mass is 10.0. The third-order valence-electron chi connectivity index (χ3n) is 3.29. The van der Waals surface area contributed by atoms with Crippen molar-refractivity contribution in [1.29, 1.82) is 0 Å². The summed E-state index contributed by atoms with van der Waals surface area (Å²) in [5.41, 5.74) is 5.96. The minimum atomic E-state index is -3.78. The van der Waals surface area contributed by atoms with Gasteiger partial charge in [-0.05, 0) is 12.3 Å². The molecular weight excluding hydrogens is 296 g/mol. The molecule has 2 N–H and O–H groups in total. The standard InChI is InChI=1S/C13H22N2O5S/c1-9(2)11(14)5-6-15(3)21(17,18)12-7-10(8-20-12)13(16)19-4/h7-9,11H,5-6,14H2,1-4H3. The van der Waals surface area contributed by atoms with Crippen LogP contribution in [0.2, 0.25) is 0 Å². The second-order valence-corrected chi connectivity index (χ2v) is 7.14. The fourth-order valence-electron chi connectivity index (χ4n) is 1.61. The van der Waals surface area contributed by atoms with Crippen LogP contribution in [0.15, 0.2) is 21.8 Å². The predicted molar refractivity (Wildman–Crippen MR) is 77.3 cm³/mol. The maximum Gasteiger partial charge on any atom is 0.341 e. The third-order valence-corrected chi connectivity index (χ3v) is 5.02. The minimum absolute atomic E-state index is 0.0587. The molecule has 0 aliphatic heterocycles. The molecule has 1 unspecified atom stereocenters. The van der Waals surface area contributed by atoms with Gasteiger partial charge in [0.05, 0.1) is 12.7 Å². The number of sulfonamides is 1. The van der Waals surface area contributed by atoms with Crippen molar-refractivity contribution in [2.45, 2.75) is 31.4 Å². The first-order valence-corrected chi connectivity index (χ1v) is 8.03. The second kappa shape index (κ2) is 7.06. The van der Waals surface area contributed by atoms with Gasteiger partial charge < -0.3 is 14.9 Å². The summed E-state index contributed by atoms with van der Waals surface area (Å²) in [6.07, 6.45) is 1.60. The Bertz CT molecular complexity index is 579. The first kappa shape index (κ1) is 17.7. The van der Waals surface area contributed by atoms with Gasteiger partial charge in [0.25, 0.3) is 10.0 Å². The zero-order chi connectivity index (χ0) is 16.2. The smallest absolute Gasteiger partial charge is 0.341 e. The molecule has 1 aromatic heterocycles. The molecule has 8 heteroatoms. The van der Waals surface area contributed by atoms with Crippen molar-refractivity contribution in [3.8, 4) is 0 Å². The van der Waals surface area contributed by atoms with E-state index in [4.69, 9.17) is 10.2 Å². The van der Waals surface area contributed by atoms with Crippen LogP contribution < -0.4 is 5.73 Å². The number of carbonyl (C=O) groups is 1. The number of hydrogen-bond acceptors (Lipinski definition) is 6. The van der Waals surface area contributed by atoms with Crippen molar-refractivity contribution in [1.82, 2.24) is 4.31 Å². The molecule has 21 heavy (non-hydrogen) atoms. The van der Waals surface area contributed by atoms with Crippen LogP contribution in [0.3, 0.4) is 0 Å². The second-order valence-electron chi connectivity index (χ2n) is 5.17. The maximum atomic E-state index is 12.3. The molecule has 0 radical (unpaired) electrons. The number of hydrogen-bond donors (Lipinski definition) is 1. The zero-order valence-electron chi connectivity index (χ0n) is 12.7. The van der Waals surface area contributed by atoms with Gasteiger partial charge in [0.15, 0.2) is 0 Å². The highest BCUT2D eigenvalue weighted by molar-refractivity contribution is 7.89. The first-order chi connectivity index (χ1) is 9.70. The summed E-state index contributed by atoms with van der Waals surface area (Å²) in [6.45, 7) is 4.23. The Kier molecular flexibility index (Phi) is 5.94. The molecule has 0 aliphatic carbocycles. The summed E-state index contributed by atoms with van der Waals surface area (Å²) in [4.78, 5) is 11.3. The topological polar surface area (TPSA) is 103 Å². The number of rotatable bonds is 7. The van der Waals surface area contributed by atoms with Crippen LogP contribution in [0.25, 0.3) is 0 Å². The molecule has 0 spiro atoms. The molecule has 0 aliphatic rings. The normalized spacial score (nSPS) is 13.7. The molecule has 0 saturated heterocycles. The molecule has 7 nitrogen and oxygen atoms in total. The SMILES string of the molecule is COC(=O)c1coc(S(=O)(=O)N(C)CCC(N)C(C)C)c1. The monoisotopic (exact) mass is 318 g/mol. The van der Waals surface area contributed by atoms with Crippen LogP contribution in [0, 0.1) is 5.92 Å². The lowest BCUT2D eigenvalue weighted by molar-refractivity contribution is 0.0600. The number of esters is 1. The van der Waals surface area contributed by atoms with Crippen molar-refractivity contribution >= 4 is 16.0 Å². The summed E-state index contributed by atoms with van der Waals surface area (Å²) in [6, 6.07) is 1.07. The van der Waals surface area contributed by atoms with Crippen molar-refractivity contribution in [2.75, 3.05) is 20.7 Å². The van der Waals surface area contributed by atoms with E-state index >= 15 is 0 Å². The van der Waals surface area contributed by atoms with Gasteiger partial charge in [-0.3, -0.25) is 0 Å². The number of furan rings is 1. The highest BCUT2D eigenvalue weighted by atomic mass is 32.2. The Labute approximate surface area is 125 Å². The average molecular weight is 318 g/mol.